The SMILES string of the molecule is CCOC(=O)C1CCCN(c2cc(-c3ccccc3)nc3cc(-c4ccc(Cl)cc4)nn23)C1. The van der Waals surface area contributed by atoms with Crippen LogP contribution in [0.4, 0.5) is 5.82 Å². The molecule has 1 saturated heterocycles. The van der Waals surface area contributed by atoms with Crippen LogP contribution in [0.25, 0.3) is 28.2 Å². The van der Waals surface area contributed by atoms with Crippen LogP contribution in [0.15, 0.2) is 66.7 Å². The zero-order chi connectivity index (χ0) is 22.8. The first-order valence-electron chi connectivity index (χ1n) is 11.3. The summed E-state index contributed by atoms with van der Waals surface area (Å²) in [5.41, 5.74) is 4.47. The number of fused-ring (bicyclic) bond motifs is 1. The maximum Gasteiger partial charge on any atom is 0.310 e. The van der Waals surface area contributed by atoms with Crippen LogP contribution in [0.3, 0.4) is 0 Å². The Morgan fingerprint density at radius 2 is 1.82 bits per heavy atom. The fourth-order valence-corrected chi connectivity index (χ4v) is 4.47. The molecule has 0 spiro atoms. The number of nitrogens with zero attached hydrogens (tertiary/aromatic N) is 4. The zero-order valence-corrected chi connectivity index (χ0v) is 19.2. The molecular weight excluding hydrogens is 436 g/mol. The van der Waals surface area contributed by atoms with Crippen molar-refractivity contribution < 1.29 is 9.53 Å². The third kappa shape index (κ3) is 4.44. The van der Waals surface area contributed by atoms with Gasteiger partial charge in [-0.3, -0.25) is 4.79 Å². The normalized spacial score (nSPS) is 16.2. The molecule has 2 aromatic heterocycles. The Hall–Kier alpha value is -3.38. The van der Waals surface area contributed by atoms with Gasteiger partial charge in [0.05, 0.1) is 23.9 Å². The molecule has 6 nitrogen and oxygen atoms in total. The van der Waals surface area contributed by atoms with Gasteiger partial charge >= 0.3 is 5.97 Å². The van der Waals surface area contributed by atoms with Crippen molar-refractivity contribution in [3.05, 3.63) is 71.8 Å². The van der Waals surface area contributed by atoms with E-state index in [1.165, 1.54) is 0 Å². The number of hydrogen-bond acceptors (Lipinski definition) is 5. The van der Waals surface area contributed by atoms with Crippen molar-refractivity contribution in [1.82, 2.24) is 14.6 Å². The van der Waals surface area contributed by atoms with Crippen molar-refractivity contribution in [1.29, 1.82) is 0 Å². The lowest BCUT2D eigenvalue weighted by Gasteiger charge is -2.33. The highest BCUT2D eigenvalue weighted by atomic mass is 35.5. The van der Waals surface area contributed by atoms with Crippen LogP contribution in [-0.4, -0.2) is 40.3 Å². The topological polar surface area (TPSA) is 59.7 Å². The molecule has 1 fully saturated rings. The number of anilines is 1. The zero-order valence-electron chi connectivity index (χ0n) is 18.4. The number of esters is 1. The molecule has 168 valence electrons. The van der Waals surface area contributed by atoms with Crippen LogP contribution in [0, 0.1) is 5.92 Å². The molecule has 7 heteroatoms. The van der Waals surface area contributed by atoms with Crippen LogP contribution in [-0.2, 0) is 9.53 Å². The Bertz CT molecular complexity index is 1270. The second-order valence-electron chi connectivity index (χ2n) is 8.21. The number of rotatable bonds is 5. The summed E-state index contributed by atoms with van der Waals surface area (Å²) in [4.78, 5) is 19.6. The van der Waals surface area contributed by atoms with E-state index in [-0.39, 0.29) is 11.9 Å². The first-order valence-corrected chi connectivity index (χ1v) is 11.6. The summed E-state index contributed by atoms with van der Waals surface area (Å²) in [6.45, 7) is 3.69. The van der Waals surface area contributed by atoms with Gasteiger partial charge in [0.25, 0.3) is 0 Å². The van der Waals surface area contributed by atoms with Crippen molar-refractivity contribution in [2.24, 2.45) is 5.92 Å². The van der Waals surface area contributed by atoms with E-state index in [2.05, 4.69) is 23.1 Å². The van der Waals surface area contributed by atoms with Gasteiger partial charge in [-0.15, -0.1) is 0 Å². The van der Waals surface area contributed by atoms with Crippen LogP contribution in [0.1, 0.15) is 19.8 Å². The molecule has 33 heavy (non-hydrogen) atoms. The highest BCUT2D eigenvalue weighted by molar-refractivity contribution is 6.30. The molecule has 5 rings (SSSR count). The lowest BCUT2D eigenvalue weighted by molar-refractivity contribution is -0.148. The summed E-state index contributed by atoms with van der Waals surface area (Å²) in [5.74, 6) is 0.652. The average Bonchev–Trinajstić information content (AvgIpc) is 3.29. The Labute approximate surface area is 197 Å². The van der Waals surface area contributed by atoms with Crippen LogP contribution in [0.2, 0.25) is 5.02 Å². The van der Waals surface area contributed by atoms with E-state index >= 15 is 0 Å². The molecule has 0 aliphatic carbocycles. The predicted octanol–water partition coefficient (Wildman–Crippen LogP) is 5.50. The standard InChI is InChI=1S/C26H25ClN4O2/c1-2-33-26(32)20-9-6-14-30(17-20)25-16-22(18-7-4-3-5-8-18)28-24-15-23(29-31(24)25)19-10-12-21(27)13-11-19/h3-5,7-8,10-13,15-16,20H,2,6,9,14,17H2,1H3. The Balaban J connectivity index is 1.60. The molecule has 4 aromatic rings. The highest BCUT2D eigenvalue weighted by Gasteiger charge is 2.29. The van der Waals surface area contributed by atoms with E-state index in [1.807, 2.05) is 60.0 Å². The predicted molar refractivity (Wildman–Crippen MR) is 130 cm³/mol. The second kappa shape index (κ2) is 9.24. The summed E-state index contributed by atoms with van der Waals surface area (Å²) in [6, 6.07) is 21.8. The number of hydrogen-bond donors (Lipinski definition) is 0. The number of benzene rings is 2. The minimum atomic E-state index is -0.145. The third-order valence-corrected chi connectivity index (χ3v) is 6.24. The van der Waals surface area contributed by atoms with Crippen LogP contribution < -0.4 is 4.90 Å². The molecule has 0 bridgehead atoms. The molecule has 0 N–H and O–H groups in total. The number of carbonyl (C=O) groups is 1. The van der Waals surface area contributed by atoms with Gasteiger partial charge in [0.15, 0.2) is 5.65 Å². The number of halogens is 1. The summed E-state index contributed by atoms with van der Waals surface area (Å²) >= 11 is 6.07. The molecule has 1 aliphatic rings. The fourth-order valence-electron chi connectivity index (χ4n) is 4.34. The summed E-state index contributed by atoms with van der Waals surface area (Å²) in [5, 5.41) is 5.57. The molecule has 0 saturated carbocycles. The van der Waals surface area contributed by atoms with E-state index in [0.717, 1.165) is 53.4 Å². The van der Waals surface area contributed by atoms with Crippen molar-refractivity contribution in [3.63, 3.8) is 0 Å². The number of carbonyl (C=O) groups excluding carboxylic acids is 1. The lowest BCUT2D eigenvalue weighted by Crippen LogP contribution is -2.40. The van der Waals surface area contributed by atoms with Gasteiger partial charge in [-0.2, -0.15) is 9.61 Å². The summed E-state index contributed by atoms with van der Waals surface area (Å²) in [7, 11) is 0. The summed E-state index contributed by atoms with van der Waals surface area (Å²) in [6.07, 6.45) is 1.75. The average molecular weight is 461 g/mol. The second-order valence-corrected chi connectivity index (χ2v) is 8.65. The number of ether oxygens (including phenoxy) is 1. The molecule has 3 heterocycles. The van der Waals surface area contributed by atoms with E-state index in [0.29, 0.717) is 18.2 Å². The Morgan fingerprint density at radius 3 is 2.58 bits per heavy atom. The van der Waals surface area contributed by atoms with Gasteiger partial charge < -0.3 is 9.64 Å². The molecule has 0 amide bonds. The van der Waals surface area contributed by atoms with Gasteiger partial charge in [0, 0.05) is 41.4 Å². The molecule has 1 unspecified atom stereocenters. The van der Waals surface area contributed by atoms with Crippen LogP contribution >= 0.6 is 11.6 Å². The minimum Gasteiger partial charge on any atom is -0.466 e. The minimum absolute atomic E-state index is 0.127. The number of aromatic nitrogens is 3. The van der Waals surface area contributed by atoms with Crippen molar-refractivity contribution >= 4 is 29.0 Å². The molecule has 1 atom stereocenters. The van der Waals surface area contributed by atoms with Crippen molar-refractivity contribution in [3.8, 4) is 22.5 Å². The number of piperidine rings is 1. The molecule has 2 aromatic carbocycles. The Morgan fingerprint density at radius 1 is 1.06 bits per heavy atom. The van der Waals surface area contributed by atoms with Gasteiger partial charge in [-0.05, 0) is 31.9 Å². The first kappa shape index (κ1) is 21.5. The smallest absolute Gasteiger partial charge is 0.310 e. The highest BCUT2D eigenvalue weighted by Crippen LogP contribution is 2.30. The maximum atomic E-state index is 12.4. The third-order valence-electron chi connectivity index (χ3n) is 5.98. The molecule has 0 radical (unpaired) electrons. The van der Waals surface area contributed by atoms with E-state index < -0.39 is 0 Å². The molecular formula is C26H25ClN4O2. The lowest BCUT2D eigenvalue weighted by atomic mass is 9.98. The summed E-state index contributed by atoms with van der Waals surface area (Å²) < 4.78 is 7.19. The quantitative estimate of drug-likeness (QED) is 0.368. The maximum absolute atomic E-state index is 12.4. The van der Waals surface area contributed by atoms with E-state index in [4.69, 9.17) is 26.4 Å². The largest absolute Gasteiger partial charge is 0.466 e. The van der Waals surface area contributed by atoms with E-state index in [1.54, 1.807) is 0 Å². The van der Waals surface area contributed by atoms with E-state index in [9.17, 15) is 4.79 Å². The Kier molecular flexibility index (Phi) is 6.01. The first-order chi connectivity index (χ1) is 16.1. The van der Waals surface area contributed by atoms with Gasteiger partial charge in [0.2, 0.25) is 0 Å². The van der Waals surface area contributed by atoms with Gasteiger partial charge in [-0.25, -0.2) is 4.98 Å². The van der Waals surface area contributed by atoms with Gasteiger partial charge in [0.1, 0.15) is 5.82 Å². The van der Waals surface area contributed by atoms with Crippen molar-refractivity contribution in [2.45, 2.75) is 19.8 Å². The van der Waals surface area contributed by atoms with Gasteiger partial charge in [-0.1, -0.05) is 54.1 Å². The van der Waals surface area contributed by atoms with Crippen molar-refractivity contribution in [2.75, 3.05) is 24.6 Å². The fraction of sp³-hybridized carbons (Fsp3) is 0.269. The molecule has 1 aliphatic heterocycles. The monoisotopic (exact) mass is 460 g/mol. The van der Waals surface area contributed by atoms with Crippen LogP contribution in [0.5, 0.6) is 0 Å².